The zero-order chi connectivity index (χ0) is 18.3. The molecule has 1 amide bonds. The minimum absolute atomic E-state index is 0.0993. The number of rotatable bonds is 3. The van der Waals surface area contributed by atoms with Crippen molar-refractivity contribution in [2.75, 3.05) is 15.7 Å². The van der Waals surface area contributed by atoms with E-state index in [2.05, 4.69) is 11.4 Å². The van der Waals surface area contributed by atoms with Crippen LogP contribution in [0.25, 0.3) is 0 Å². The number of benzene rings is 2. The van der Waals surface area contributed by atoms with Gasteiger partial charge < -0.3 is 0 Å². The van der Waals surface area contributed by atoms with Gasteiger partial charge in [-0.05, 0) is 47.5 Å². The topological polar surface area (TPSA) is 35.9 Å². The predicted molar refractivity (Wildman–Crippen MR) is 116 cm³/mol. The van der Waals surface area contributed by atoms with E-state index in [4.69, 9.17) is 5.10 Å². The van der Waals surface area contributed by atoms with E-state index in [1.807, 2.05) is 76.6 Å². The Balaban J connectivity index is 1.66. The Kier molecular flexibility index (Phi) is 4.22. The van der Waals surface area contributed by atoms with Crippen LogP contribution in [0, 0.1) is 0 Å². The van der Waals surface area contributed by atoms with Gasteiger partial charge in [-0.2, -0.15) is 5.10 Å². The van der Waals surface area contributed by atoms with Crippen molar-refractivity contribution in [1.29, 1.82) is 0 Å². The molecule has 5 rings (SSSR count). The molecule has 4 nitrogen and oxygen atoms in total. The smallest absolute Gasteiger partial charge is 0.243 e. The normalized spacial score (nSPS) is 21.9. The molecule has 1 saturated heterocycles. The third-order valence-corrected chi connectivity index (χ3v) is 8.20. The van der Waals surface area contributed by atoms with E-state index in [0.717, 1.165) is 21.3 Å². The molecule has 2 aromatic carbocycles. The van der Waals surface area contributed by atoms with Gasteiger partial charge in [0.1, 0.15) is 5.04 Å². The minimum atomic E-state index is -0.654. The number of amides is 1. The summed E-state index contributed by atoms with van der Waals surface area (Å²) in [6.45, 7) is 0. The molecule has 1 fully saturated rings. The number of hydrogen-bond donors (Lipinski definition) is 0. The first kappa shape index (κ1) is 16.9. The SMILES string of the molecule is O=C1CS[C@@]2(SC(c3cccs3)=NN2c2ccccc2)N1c1ccccc1. The van der Waals surface area contributed by atoms with E-state index in [0.29, 0.717) is 5.75 Å². The number of thioether (sulfide) groups is 2. The summed E-state index contributed by atoms with van der Waals surface area (Å²) in [6, 6.07) is 24.0. The van der Waals surface area contributed by atoms with Crippen LogP contribution in [0.3, 0.4) is 0 Å². The number of para-hydroxylation sites is 2. The van der Waals surface area contributed by atoms with E-state index in [1.165, 1.54) is 0 Å². The van der Waals surface area contributed by atoms with Crippen LogP contribution in [-0.4, -0.2) is 21.0 Å². The maximum atomic E-state index is 12.9. The maximum Gasteiger partial charge on any atom is 0.243 e. The first-order chi connectivity index (χ1) is 13.3. The summed E-state index contributed by atoms with van der Waals surface area (Å²) in [5, 5.41) is 9.95. The first-order valence-electron chi connectivity index (χ1n) is 8.47. The van der Waals surface area contributed by atoms with Gasteiger partial charge in [-0.25, -0.2) is 5.01 Å². The summed E-state index contributed by atoms with van der Waals surface area (Å²) in [5.41, 5.74) is 1.86. The monoisotopic (exact) mass is 409 g/mol. The lowest BCUT2D eigenvalue weighted by molar-refractivity contribution is -0.115. The zero-order valence-electron chi connectivity index (χ0n) is 14.2. The van der Waals surface area contributed by atoms with Crippen LogP contribution < -0.4 is 9.91 Å². The summed E-state index contributed by atoms with van der Waals surface area (Å²) >= 11 is 4.93. The summed E-state index contributed by atoms with van der Waals surface area (Å²) in [6.07, 6.45) is 0. The van der Waals surface area contributed by atoms with Crippen LogP contribution in [0.15, 0.2) is 83.3 Å². The van der Waals surface area contributed by atoms with Gasteiger partial charge in [0.05, 0.1) is 16.3 Å². The predicted octanol–water partition coefficient (Wildman–Crippen LogP) is 5.05. The highest BCUT2D eigenvalue weighted by Crippen LogP contribution is 2.56. The second-order valence-corrected chi connectivity index (χ2v) is 9.55. The van der Waals surface area contributed by atoms with Crippen molar-refractivity contribution in [2.24, 2.45) is 5.10 Å². The maximum absolute atomic E-state index is 12.9. The number of hydrogen-bond acceptors (Lipinski definition) is 6. The fraction of sp³-hybridized carbons (Fsp3) is 0.100. The van der Waals surface area contributed by atoms with Crippen molar-refractivity contribution in [3.8, 4) is 0 Å². The van der Waals surface area contributed by atoms with Gasteiger partial charge in [-0.3, -0.25) is 9.69 Å². The second kappa shape index (κ2) is 6.74. The van der Waals surface area contributed by atoms with Crippen LogP contribution in [-0.2, 0) is 4.79 Å². The van der Waals surface area contributed by atoms with E-state index in [1.54, 1.807) is 34.9 Å². The molecule has 2 aliphatic heterocycles. The van der Waals surface area contributed by atoms with Gasteiger partial charge in [0.15, 0.2) is 0 Å². The number of hydrazone groups is 1. The molecule has 0 bridgehead atoms. The Bertz CT molecular complexity index is 992. The van der Waals surface area contributed by atoms with Crippen molar-refractivity contribution < 1.29 is 4.79 Å². The molecular weight excluding hydrogens is 394 g/mol. The molecule has 27 heavy (non-hydrogen) atoms. The summed E-state index contributed by atoms with van der Waals surface area (Å²) in [4.78, 5) is 15.9. The highest BCUT2D eigenvalue weighted by molar-refractivity contribution is 8.27. The number of thiophene rings is 1. The summed E-state index contributed by atoms with van der Waals surface area (Å²) < 4.78 is -0.654. The fourth-order valence-electron chi connectivity index (χ4n) is 3.19. The van der Waals surface area contributed by atoms with E-state index < -0.39 is 4.33 Å². The lowest BCUT2D eigenvalue weighted by Gasteiger charge is -2.39. The molecule has 1 atom stereocenters. The van der Waals surface area contributed by atoms with Gasteiger partial charge in [-0.1, -0.05) is 54.2 Å². The van der Waals surface area contributed by atoms with E-state index in [9.17, 15) is 4.79 Å². The molecule has 2 aliphatic rings. The lowest BCUT2D eigenvalue weighted by atomic mass is 10.3. The molecule has 7 heteroatoms. The second-order valence-electron chi connectivity index (χ2n) is 6.03. The van der Waals surface area contributed by atoms with Crippen molar-refractivity contribution in [2.45, 2.75) is 4.33 Å². The van der Waals surface area contributed by atoms with Crippen LogP contribution in [0.4, 0.5) is 11.4 Å². The molecule has 3 heterocycles. The molecule has 134 valence electrons. The Morgan fingerprint density at radius 3 is 2.26 bits per heavy atom. The molecule has 0 saturated carbocycles. The quantitative estimate of drug-likeness (QED) is 0.606. The van der Waals surface area contributed by atoms with Crippen molar-refractivity contribution in [1.82, 2.24) is 0 Å². The standard InChI is InChI=1S/C20H15N3OS3/c24-18-14-26-20(22(18)15-8-3-1-4-9-15)23(16-10-5-2-6-11-16)21-19(27-20)17-12-7-13-25-17/h1-13H,14H2/t20-/m1/s1. The molecule has 0 aliphatic carbocycles. The van der Waals surface area contributed by atoms with Gasteiger partial charge in [0.2, 0.25) is 10.2 Å². The van der Waals surface area contributed by atoms with Crippen molar-refractivity contribution in [3.05, 3.63) is 83.1 Å². The Morgan fingerprint density at radius 2 is 1.59 bits per heavy atom. The average molecular weight is 410 g/mol. The number of carbonyl (C=O) groups excluding carboxylic acids is 1. The van der Waals surface area contributed by atoms with E-state index in [-0.39, 0.29) is 5.91 Å². The highest BCUT2D eigenvalue weighted by Gasteiger charge is 2.57. The van der Waals surface area contributed by atoms with Crippen molar-refractivity contribution >= 4 is 57.2 Å². The van der Waals surface area contributed by atoms with Crippen LogP contribution >= 0.6 is 34.9 Å². The average Bonchev–Trinajstić information content (AvgIpc) is 3.43. The third kappa shape index (κ3) is 2.77. The number of carbonyl (C=O) groups is 1. The van der Waals surface area contributed by atoms with Crippen LogP contribution in [0.2, 0.25) is 0 Å². The van der Waals surface area contributed by atoms with Crippen molar-refractivity contribution in [3.63, 3.8) is 0 Å². The van der Waals surface area contributed by atoms with Gasteiger partial charge in [0.25, 0.3) is 0 Å². The largest absolute Gasteiger partial charge is 0.273 e. The molecule has 0 radical (unpaired) electrons. The number of nitrogens with zero attached hydrogens (tertiary/aromatic N) is 3. The Hall–Kier alpha value is -2.22. The first-order valence-corrected chi connectivity index (χ1v) is 11.1. The van der Waals surface area contributed by atoms with Gasteiger partial charge >= 0.3 is 0 Å². The zero-order valence-corrected chi connectivity index (χ0v) is 16.6. The molecular formula is C20H15N3OS3. The molecule has 1 aromatic heterocycles. The third-order valence-electron chi connectivity index (χ3n) is 4.35. The molecule has 0 unspecified atom stereocenters. The Morgan fingerprint density at radius 1 is 0.889 bits per heavy atom. The molecule has 0 N–H and O–H groups in total. The Labute approximate surface area is 169 Å². The van der Waals surface area contributed by atoms with E-state index >= 15 is 0 Å². The molecule has 3 aromatic rings. The van der Waals surface area contributed by atoms with Gasteiger partial charge in [-0.15, -0.1) is 11.3 Å². The summed E-state index contributed by atoms with van der Waals surface area (Å²) in [7, 11) is 0. The lowest BCUT2D eigenvalue weighted by Crippen LogP contribution is -2.51. The van der Waals surface area contributed by atoms with Crippen LogP contribution in [0.1, 0.15) is 4.88 Å². The molecule has 1 spiro atoms. The van der Waals surface area contributed by atoms with Crippen LogP contribution in [0.5, 0.6) is 0 Å². The van der Waals surface area contributed by atoms with Gasteiger partial charge in [0, 0.05) is 5.69 Å². The minimum Gasteiger partial charge on any atom is -0.273 e. The fourth-order valence-corrected chi connectivity index (χ4v) is 6.83. The highest BCUT2D eigenvalue weighted by atomic mass is 32.2. The number of anilines is 2. The summed E-state index contributed by atoms with van der Waals surface area (Å²) in [5.74, 6) is 0.528.